The van der Waals surface area contributed by atoms with Crippen molar-refractivity contribution in [2.75, 3.05) is 6.61 Å². The first-order valence-electron chi connectivity index (χ1n) is 13.7. The zero-order chi connectivity index (χ0) is 25.6. The van der Waals surface area contributed by atoms with Crippen LogP contribution in [0.25, 0.3) is 11.3 Å². The Kier molecular flexibility index (Phi) is 6.18. The molecule has 0 aliphatic heterocycles. The number of ether oxygens (including phenoxy) is 1. The summed E-state index contributed by atoms with van der Waals surface area (Å²) in [5.74, 6) is 1.10. The van der Waals surface area contributed by atoms with E-state index in [1.54, 1.807) is 0 Å². The zero-order valence-corrected chi connectivity index (χ0v) is 21.5. The number of aryl methyl sites for hydroxylation is 1. The fourth-order valence-corrected chi connectivity index (χ4v) is 6.09. The molecule has 5 nitrogen and oxygen atoms in total. The molecule has 0 unspecified atom stereocenters. The van der Waals surface area contributed by atoms with E-state index in [1.807, 2.05) is 49.4 Å². The van der Waals surface area contributed by atoms with E-state index in [9.17, 15) is 14.3 Å². The number of aliphatic carboxylic acids is 1. The molecule has 0 atom stereocenters. The molecule has 1 aromatic heterocycles. The predicted octanol–water partition coefficient (Wildman–Crippen LogP) is 6.63. The summed E-state index contributed by atoms with van der Waals surface area (Å²) in [6.07, 6.45) is 6.98. The van der Waals surface area contributed by atoms with Gasteiger partial charge in [-0.05, 0) is 100.0 Å². The lowest BCUT2D eigenvalue weighted by atomic mass is 9.65. The van der Waals surface area contributed by atoms with E-state index in [-0.39, 0.29) is 5.82 Å². The Labute approximate surface area is 217 Å². The maximum Gasteiger partial charge on any atom is 0.314 e. The minimum absolute atomic E-state index is 0.252. The third-order valence-corrected chi connectivity index (χ3v) is 8.74. The van der Waals surface area contributed by atoms with Crippen LogP contribution in [0, 0.1) is 24.6 Å². The standard InChI is InChI=1S/C31H35FN2O3/c1-21-27(24-11-13-26(32)14-12-24)34(19-22-7-8-22)28(33-21)31(37-20-23-9-10-23)17-15-30(16-18-31,29(35)36)25-5-3-2-4-6-25/h2-6,11-14,22-23H,7-10,15-20H2,1H3,(H,35,36)/t30-,31+. The fourth-order valence-electron chi connectivity index (χ4n) is 6.09. The molecule has 1 N–H and O–H groups in total. The van der Waals surface area contributed by atoms with Crippen LogP contribution in [-0.4, -0.2) is 27.2 Å². The van der Waals surface area contributed by atoms with E-state index in [4.69, 9.17) is 9.72 Å². The van der Waals surface area contributed by atoms with Crippen LogP contribution in [0.2, 0.25) is 0 Å². The van der Waals surface area contributed by atoms with E-state index < -0.39 is 17.0 Å². The quantitative estimate of drug-likeness (QED) is 0.357. The van der Waals surface area contributed by atoms with Gasteiger partial charge < -0.3 is 14.4 Å². The highest BCUT2D eigenvalue weighted by Crippen LogP contribution is 2.51. The van der Waals surface area contributed by atoms with Crippen LogP contribution in [0.5, 0.6) is 0 Å². The Hall–Kier alpha value is -2.99. The van der Waals surface area contributed by atoms with E-state index in [2.05, 4.69) is 4.57 Å². The molecular formula is C31H35FN2O3. The molecule has 3 fully saturated rings. The van der Waals surface area contributed by atoms with Gasteiger partial charge in [0.15, 0.2) is 0 Å². The molecule has 3 aliphatic carbocycles. The molecule has 0 radical (unpaired) electrons. The first-order chi connectivity index (χ1) is 17.9. The van der Waals surface area contributed by atoms with Crippen LogP contribution in [0.4, 0.5) is 4.39 Å². The summed E-state index contributed by atoms with van der Waals surface area (Å²) in [5.41, 5.74) is 2.20. The van der Waals surface area contributed by atoms with Crippen molar-refractivity contribution >= 4 is 5.97 Å². The van der Waals surface area contributed by atoms with Gasteiger partial charge in [0.25, 0.3) is 0 Å². The second-order valence-corrected chi connectivity index (χ2v) is 11.4. The van der Waals surface area contributed by atoms with Gasteiger partial charge in [-0.25, -0.2) is 9.37 Å². The minimum Gasteiger partial charge on any atom is -0.481 e. The number of hydrogen-bond acceptors (Lipinski definition) is 3. The van der Waals surface area contributed by atoms with Crippen molar-refractivity contribution in [1.29, 1.82) is 0 Å². The molecule has 0 amide bonds. The third-order valence-electron chi connectivity index (χ3n) is 8.74. The van der Waals surface area contributed by atoms with Gasteiger partial charge in [0, 0.05) is 12.1 Å². The molecule has 0 spiro atoms. The van der Waals surface area contributed by atoms with E-state index in [0.717, 1.165) is 34.9 Å². The largest absolute Gasteiger partial charge is 0.481 e. The van der Waals surface area contributed by atoms with Crippen molar-refractivity contribution in [3.8, 4) is 11.3 Å². The second-order valence-electron chi connectivity index (χ2n) is 11.4. The van der Waals surface area contributed by atoms with Crippen LogP contribution in [0.3, 0.4) is 0 Å². The molecule has 1 heterocycles. The summed E-state index contributed by atoms with van der Waals surface area (Å²) < 4.78 is 22.9. The van der Waals surface area contributed by atoms with Gasteiger partial charge in [0.2, 0.25) is 0 Å². The molecule has 194 valence electrons. The van der Waals surface area contributed by atoms with Gasteiger partial charge in [-0.3, -0.25) is 4.79 Å². The number of carboxylic acid groups (broad SMARTS) is 1. The van der Waals surface area contributed by atoms with Crippen molar-refractivity contribution in [2.45, 2.75) is 75.9 Å². The monoisotopic (exact) mass is 502 g/mol. The lowest BCUT2D eigenvalue weighted by Gasteiger charge is -2.44. The highest BCUT2D eigenvalue weighted by atomic mass is 19.1. The zero-order valence-electron chi connectivity index (χ0n) is 21.5. The molecule has 0 saturated heterocycles. The molecule has 6 heteroatoms. The van der Waals surface area contributed by atoms with Crippen LogP contribution < -0.4 is 0 Å². The van der Waals surface area contributed by atoms with Gasteiger partial charge in [0.1, 0.15) is 17.2 Å². The molecule has 37 heavy (non-hydrogen) atoms. The Balaban J connectivity index is 1.42. The summed E-state index contributed by atoms with van der Waals surface area (Å²) in [7, 11) is 0. The maximum absolute atomic E-state index is 13.8. The number of rotatable bonds is 9. The molecule has 0 bridgehead atoms. The SMILES string of the molecule is Cc1nc([C@]2(OCC3CC3)CC[C@](C(=O)O)(c3ccccc3)CC2)n(CC2CC2)c1-c1ccc(F)cc1. The van der Waals surface area contributed by atoms with Crippen molar-refractivity contribution < 1.29 is 19.0 Å². The first kappa shape index (κ1) is 24.4. The molecule has 2 aromatic carbocycles. The number of benzene rings is 2. The molecule has 3 aromatic rings. The molecular weight excluding hydrogens is 467 g/mol. The van der Waals surface area contributed by atoms with Gasteiger partial charge >= 0.3 is 5.97 Å². The number of hydrogen-bond donors (Lipinski definition) is 1. The van der Waals surface area contributed by atoms with E-state index >= 15 is 0 Å². The van der Waals surface area contributed by atoms with E-state index in [1.165, 1.54) is 37.8 Å². The minimum atomic E-state index is -0.920. The number of carbonyl (C=O) groups is 1. The van der Waals surface area contributed by atoms with Gasteiger partial charge in [-0.1, -0.05) is 30.3 Å². The lowest BCUT2D eigenvalue weighted by molar-refractivity contribution is -0.151. The Morgan fingerprint density at radius 2 is 1.65 bits per heavy atom. The number of aromatic nitrogens is 2. The van der Waals surface area contributed by atoms with Crippen LogP contribution >= 0.6 is 0 Å². The van der Waals surface area contributed by atoms with Crippen LogP contribution in [-0.2, 0) is 27.1 Å². The lowest BCUT2D eigenvalue weighted by Crippen LogP contribution is -2.47. The Morgan fingerprint density at radius 1 is 1.00 bits per heavy atom. The summed E-state index contributed by atoms with van der Waals surface area (Å²) in [6, 6.07) is 16.3. The van der Waals surface area contributed by atoms with Crippen LogP contribution in [0.15, 0.2) is 54.6 Å². The maximum atomic E-state index is 13.8. The molecule has 6 rings (SSSR count). The van der Waals surface area contributed by atoms with Crippen molar-refractivity contribution in [2.24, 2.45) is 11.8 Å². The normalized spacial score (nSPS) is 25.8. The topological polar surface area (TPSA) is 64.3 Å². The van der Waals surface area contributed by atoms with Crippen molar-refractivity contribution in [1.82, 2.24) is 9.55 Å². The molecule has 3 saturated carbocycles. The average Bonchev–Trinajstić information content (AvgIpc) is 3.84. The number of imidazole rings is 1. The van der Waals surface area contributed by atoms with Gasteiger partial charge in [0.05, 0.1) is 23.4 Å². The van der Waals surface area contributed by atoms with Gasteiger partial charge in [-0.15, -0.1) is 0 Å². The van der Waals surface area contributed by atoms with Gasteiger partial charge in [-0.2, -0.15) is 0 Å². The number of halogens is 1. The summed E-state index contributed by atoms with van der Waals surface area (Å²) in [4.78, 5) is 17.8. The predicted molar refractivity (Wildman–Crippen MR) is 140 cm³/mol. The van der Waals surface area contributed by atoms with Crippen LogP contribution in [0.1, 0.15) is 68.4 Å². The smallest absolute Gasteiger partial charge is 0.314 e. The Morgan fingerprint density at radius 3 is 2.24 bits per heavy atom. The fraction of sp³-hybridized carbons (Fsp3) is 0.484. The Bertz CT molecular complexity index is 1270. The van der Waals surface area contributed by atoms with E-state index in [0.29, 0.717) is 44.1 Å². The highest BCUT2D eigenvalue weighted by molar-refractivity contribution is 5.81. The summed E-state index contributed by atoms with van der Waals surface area (Å²) in [6.45, 7) is 3.57. The highest BCUT2D eigenvalue weighted by Gasteiger charge is 2.52. The third kappa shape index (κ3) is 4.61. The summed E-state index contributed by atoms with van der Waals surface area (Å²) >= 11 is 0. The van der Waals surface area contributed by atoms with Crippen molar-refractivity contribution in [3.05, 3.63) is 77.5 Å². The number of carboxylic acids is 1. The van der Waals surface area contributed by atoms with Crippen molar-refractivity contribution in [3.63, 3.8) is 0 Å². The first-order valence-corrected chi connectivity index (χ1v) is 13.7. The number of nitrogens with zero attached hydrogens (tertiary/aromatic N) is 2. The molecule has 3 aliphatic rings. The second kappa shape index (κ2) is 9.39. The summed E-state index contributed by atoms with van der Waals surface area (Å²) in [5, 5.41) is 10.4. The average molecular weight is 503 g/mol.